The molecule has 0 bridgehead atoms. The zero-order valence-corrected chi connectivity index (χ0v) is 12.2. The van der Waals surface area contributed by atoms with Crippen molar-refractivity contribution in [1.82, 2.24) is 0 Å². The maximum atomic E-state index is 10.8. The molecule has 2 rings (SSSR count). The van der Waals surface area contributed by atoms with Crippen molar-refractivity contribution in [1.29, 1.82) is 0 Å². The Morgan fingerprint density at radius 2 is 1.94 bits per heavy atom. The first-order valence-corrected chi connectivity index (χ1v) is 8.50. The van der Waals surface area contributed by atoms with Crippen LogP contribution in [0.1, 0.15) is 42.5 Å². The Kier molecular flexibility index (Phi) is 5.09. The molecular formula is C14H17ClOSe. The van der Waals surface area contributed by atoms with Crippen LogP contribution in [-0.2, 0) is 4.79 Å². The van der Waals surface area contributed by atoms with Crippen molar-refractivity contribution in [2.75, 3.05) is 0 Å². The Morgan fingerprint density at radius 3 is 2.53 bits per heavy atom. The second-order valence-corrected chi connectivity index (χ2v) is 8.09. The number of rotatable bonds is 5. The standard InChI is InChI=1S/C14H17ClOSe/c15-12-7-5-11(6-8-12)14(9-10-16)17-13-3-1-2-4-13/h5-8,10,13-14H,1-4,9H2. The fraction of sp³-hybridized carbons (Fsp3) is 0.500. The van der Waals surface area contributed by atoms with E-state index in [2.05, 4.69) is 12.1 Å². The van der Waals surface area contributed by atoms with Gasteiger partial charge in [-0.25, -0.2) is 0 Å². The normalized spacial score (nSPS) is 18.2. The fourth-order valence-corrected chi connectivity index (χ4v) is 5.72. The summed E-state index contributed by atoms with van der Waals surface area (Å²) in [5.41, 5.74) is 1.29. The number of carbonyl (C=O) groups is 1. The van der Waals surface area contributed by atoms with Gasteiger partial charge >= 0.3 is 114 Å². The summed E-state index contributed by atoms with van der Waals surface area (Å²) in [7, 11) is 0. The molecule has 1 unspecified atom stereocenters. The van der Waals surface area contributed by atoms with E-state index in [1.165, 1.54) is 31.2 Å². The molecule has 3 heteroatoms. The van der Waals surface area contributed by atoms with Gasteiger partial charge in [-0.15, -0.1) is 0 Å². The van der Waals surface area contributed by atoms with E-state index in [9.17, 15) is 4.79 Å². The van der Waals surface area contributed by atoms with Crippen LogP contribution in [0.4, 0.5) is 0 Å². The van der Waals surface area contributed by atoms with Gasteiger partial charge in [0.1, 0.15) is 0 Å². The molecular weight excluding hydrogens is 299 g/mol. The van der Waals surface area contributed by atoms with Gasteiger partial charge in [0.25, 0.3) is 0 Å². The van der Waals surface area contributed by atoms with Crippen molar-refractivity contribution < 1.29 is 4.79 Å². The summed E-state index contributed by atoms with van der Waals surface area (Å²) in [4.78, 5) is 12.1. The average molecular weight is 316 g/mol. The summed E-state index contributed by atoms with van der Waals surface area (Å²) in [5, 5.41) is 0.770. The zero-order valence-electron chi connectivity index (χ0n) is 9.77. The van der Waals surface area contributed by atoms with E-state index < -0.39 is 0 Å². The summed E-state index contributed by atoms with van der Waals surface area (Å²) in [6.07, 6.45) is 7.21. The summed E-state index contributed by atoms with van der Waals surface area (Å²) in [5.74, 6) is 0. The zero-order chi connectivity index (χ0) is 12.1. The summed E-state index contributed by atoms with van der Waals surface area (Å²) in [6.45, 7) is 0. The van der Waals surface area contributed by atoms with Gasteiger partial charge in [-0.2, -0.15) is 0 Å². The Hall–Kier alpha value is -0.301. The van der Waals surface area contributed by atoms with E-state index in [1.807, 2.05) is 12.1 Å². The van der Waals surface area contributed by atoms with E-state index in [0.29, 0.717) is 26.2 Å². The third-order valence-electron chi connectivity index (χ3n) is 3.21. The topological polar surface area (TPSA) is 17.1 Å². The molecule has 1 atom stereocenters. The molecule has 1 fully saturated rings. The second-order valence-electron chi connectivity index (χ2n) is 4.49. The molecule has 1 saturated carbocycles. The van der Waals surface area contributed by atoms with Crippen molar-refractivity contribution in [3.8, 4) is 0 Å². The van der Waals surface area contributed by atoms with Gasteiger partial charge in [0.15, 0.2) is 0 Å². The number of hydrogen-bond acceptors (Lipinski definition) is 1. The molecule has 1 aromatic rings. The van der Waals surface area contributed by atoms with Crippen LogP contribution in [0, 0.1) is 0 Å². The van der Waals surface area contributed by atoms with Gasteiger partial charge in [0.2, 0.25) is 0 Å². The Bertz CT molecular complexity index is 357. The van der Waals surface area contributed by atoms with E-state index in [0.717, 1.165) is 16.1 Å². The first kappa shape index (κ1) is 13.1. The molecule has 1 nitrogen and oxygen atoms in total. The van der Waals surface area contributed by atoms with Gasteiger partial charge < -0.3 is 0 Å². The van der Waals surface area contributed by atoms with Gasteiger partial charge in [-0.3, -0.25) is 0 Å². The number of halogens is 1. The van der Waals surface area contributed by atoms with Crippen molar-refractivity contribution in [2.24, 2.45) is 0 Å². The second kappa shape index (κ2) is 6.58. The van der Waals surface area contributed by atoms with E-state index in [4.69, 9.17) is 11.6 Å². The van der Waals surface area contributed by atoms with Gasteiger partial charge in [-0.1, -0.05) is 0 Å². The molecule has 0 aliphatic heterocycles. The molecule has 1 aliphatic carbocycles. The molecule has 0 radical (unpaired) electrons. The van der Waals surface area contributed by atoms with Gasteiger partial charge in [-0.05, 0) is 0 Å². The van der Waals surface area contributed by atoms with Crippen molar-refractivity contribution in [3.63, 3.8) is 0 Å². The molecule has 0 N–H and O–H groups in total. The van der Waals surface area contributed by atoms with Crippen LogP contribution in [0.25, 0.3) is 0 Å². The van der Waals surface area contributed by atoms with Crippen LogP contribution in [0.5, 0.6) is 0 Å². The minimum atomic E-state index is 0.445. The monoisotopic (exact) mass is 316 g/mol. The summed E-state index contributed by atoms with van der Waals surface area (Å²) < 4.78 is 0. The van der Waals surface area contributed by atoms with Crippen molar-refractivity contribution in [2.45, 2.75) is 41.7 Å². The Balaban J connectivity index is 2.04. The predicted molar refractivity (Wildman–Crippen MR) is 72.8 cm³/mol. The van der Waals surface area contributed by atoms with Crippen molar-refractivity contribution >= 4 is 32.8 Å². The maximum absolute atomic E-state index is 10.8. The third kappa shape index (κ3) is 3.84. The van der Waals surface area contributed by atoms with Gasteiger partial charge in [0, 0.05) is 0 Å². The van der Waals surface area contributed by atoms with Crippen LogP contribution in [0.3, 0.4) is 0 Å². The quantitative estimate of drug-likeness (QED) is 0.592. The molecule has 0 spiro atoms. The van der Waals surface area contributed by atoms with Crippen LogP contribution in [0.2, 0.25) is 9.84 Å². The van der Waals surface area contributed by atoms with Gasteiger partial charge in [0.05, 0.1) is 0 Å². The first-order valence-electron chi connectivity index (χ1n) is 6.14. The van der Waals surface area contributed by atoms with E-state index in [1.54, 1.807) is 0 Å². The molecule has 1 aromatic carbocycles. The first-order chi connectivity index (χ1) is 8.29. The number of benzene rings is 1. The van der Waals surface area contributed by atoms with Crippen LogP contribution < -0.4 is 0 Å². The van der Waals surface area contributed by atoms with Crippen LogP contribution in [-0.4, -0.2) is 21.2 Å². The fourth-order valence-electron chi connectivity index (χ4n) is 2.29. The van der Waals surface area contributed by atoms with Crippen LogP contribution in [0.15, 0.2) is 24.3 Å². The number of aldehydes is 1. The molecule has 0 amide bonds. The molecule has 0 heterocycles. The van der Waals surface area contributed by atoms with Crippen molar-refractivity contribution in [3.05, 3.63) is 34.9 Å². The molecule has 17 heavy (non-hydrogen) atoms. The average Bonchev–Trinajstić information content (AvgIpc) is 2.82. The molecule has 0 aromatic heterocycles. The Labute approximate surface area is 114 Å². The third-order valence-corrected chi connectivity index (χ3v) is 6.92. The molecule has 92 valence electrons. The SMILES string of the molecule is O=CCC([Se]C1CCCC1)c1ccc(Cl)cc1. The predicted octanol–water partition coefficient (Wildman–Crippen LogP) is 4.04. The number of carbonyl (C=O) groups excluding carboxylic acids is 1. The molecule has 1 aliphatic rings. The molecule has 0 saturated heterocycles. The van der Waals surface area contributed by atoms with Crippen LogP contribution >= 0.6 is 11.6 Å². The Morgan fingerprint density at radius 1 is 1.29 bits per heavy atom. The van der Waals surface area contributed by atoms with E-state index >= 15 is 0 Å². The van der Waals surface area contributed by atoms with E-state index in [-0.39, 0.29) is 0 Å². The number of hydrogen-bond donors (Lipinski definition) is 0. The minimum absolute atomic E-state index is 0.445. The summed E-state index contributed by atoms with van der Waals surface area (Å²) >= 11 is 6.45. The summed E-state index contributed by atoms with van der Waals surface area (Å²) in [6, 6.07) is 8.01.